The van der Waals surface area contributed by atoms with E-state index in [4.69, 9.17) is 20.1 Å². The first-order chi connectivity index (χ1) is 18.5. The minimum atomic E-state index is -1.34. The summed E-state index contributed by atoms with van der Waals surface area (Å²) in [4.78, 5) is 59.8. The summed E-state index contributed by atoms with van der Waals surface area (Å²) in [5, 5.41) is 43.5. The van der Waals surface area contributed by atoms with Crippen LogP contribution in [0.1, 0.15) is 37.0 Å². The number of urea groups is 1. The SMILES string of the molecule is O=C(O)Cn1cnc2c(C3(C(=O)O)CCCO3)scc21.O=C1N[C@H]2[C@H](CS[C@H]2CCCC(C(=O)O)C(=O)O)N1. The van der Waals surface area contributed by atoms with Gasteiger partial charge in [-0.05, 0) is 25.7 Å². The lowest BCUT2D eigenvalue weighted by molar-refractivity contribution is -0.161. The molecule has 0 radical (unpaired) electrons. The number of nitrogens with one attached hydrogen (secondary N) is 2. The van der Waals surface area contributed by atoms with Crippen LogP contribution in [0.3, 0.4) is 0 Å². The van der Waals surface area contributed by atoms with E-state index in [0.717, 1.165) is 5.75 Å². The molecule has 2 aromatic rings. The van der Waals surface area contributed by atoms with E-state index in [0.29, 0.717) is 48.2 Å². The number of carbonyl (C=O) groups is 5. The van der Waals surface area contributed by atoms with Gasteiger partial charge in [0.25, 0.3) is 0 Å². The second kappa shape index (κ2) is 11.8. The van der Waals surface area contributed by atoms with Gasteiger partial charge in [0.1, 0.15) is 12.1 Å². The molecule has 2 amide bonds. The van der Waals surface area contributed by atoms with E-state index in [-0.39, 0.29) is 36.3 Å². The molecule has 212 valence electrons. The monoisotopic (exact) mass is 584 g/mol. The molecule has 0 aromatic carbocycles. The van der Waals surface area contributed by atoms with Gasteiger partial charge >= 0.3 is 29.9 Å². The van der Waals surface area contributed by atoms with Gasteiger partial charge in [-0.3, -0.25) is 14.4 Å². The molecule has 39 heavy (non-hydrogen) atoms. The van der Waals surface area contributed by atoms with Gasteiger partial charge in [-0.15, -0.1) is 11.3 Å². The molecule has 0 spiro atoms. The number of nitrogens with zero attached hydrogens (tertiary/aromatic N) is 2. The Morgan fingerprint density at radius 1 is 1.18 bits per heavy atom. The van der Waals surface area contributed by atoms with Crippen molar-refractivity contribution in [2.24, 2.45) is 5.92 Å². The van der Waals surface area contributed by atoms with Crippen molar-refractivity contribution in [2.45, 2.75) is 61.6 Å². The number of hydrogen-bond donors (Lipinski definition) is 6. The minimum absolute atomic E-state index is 0.0746. The molecule has 3 aliphatic heterocycles. The van der Waals surface area contributed by atoms with E-state index >= 15 is 0 Å². The Labute approximate surface area is 229 Å². The molecule has 3 fully saturated rings. The molecular weight excluding hydrogens is 556 g/mol. The summed E-state index contributed by atoms with van der Waals surface area (Å²) in [5.41, 5.74) is -0.196. The summed E-state index contributed by atoms with van der Waals surface area (Å²) in [6.07, 6.45) is 3.87. The van der Waals surface area contributed by atoms with Crippen LogP contribution >= 0.6 is 23.1 Å². The van der Waals surface area contributed by atoms with Gasteiger partial charge in [0.05, 0.1) is 28.8 Å². The molecule has 5 heterocycles. The molecule has 0 saturated carbocycles. The van der Waals surface area contributed by atoms with Crippen LogP contribution in [0.25, 0.3) is 11.0 Å². The topological polar surface area (TPSA) is 217 Å². The number of fused-ring (bicyclic) bond motifs is 2. The third-order valence-electron chi connectivity index (χ3n) is 6.94. The number of amides is 2. The number of aliphatic carboxylic acids is 4. The predicted octanol–water partition coefficient (Wildman–Crippen LogP) is 1.38. The maximum Gasteiger partial charge on any atom is 0.341 e. The first kappa shape index (κ1) is 28.6. The number of hydrogen-bond acceptors (Lipinski definition) is 9. The van der Waals surface area contributed by atoms with Crippen molar-refractivity contribution in [1.82, 2.24) is 20.2 Å². The quantitative estimate of drug-likeness (QED) is 0.172. The Morgan fingerprint density at radius 2 is 1.92 bits per heavy atom. The third-order valence-corrected chi connectivity index (χ3v) is 9.55. The minimum Gasteiger partial charge on any atom is -0.481 e. The number of aromatic nitrogens is 2. The standard InChI is InChI=1S/C12H12N2O5S.C11H16N2O5S/c15-8(16)4-14-6-13-9-7(14)5-20-10(9)12(11(17)18)2-1-3-19-12;14-9(15)5(10(16)17)2-1-3-7-8-6(4-19-7)12-11(18)13-8/h5-6H,1-4H2,(H,15,16)(H,17,18);5-8H,1-4H2,(H,14,15)(H,16,17)(H2,12,13,18)/t;6-,7-,8-/m.0/s1. The molecule has 2 aromatic heterocycles. The number of imidazole rings is 1. The summed E-state index contributed by atoms with van der Waals surface area (Å²) in [6, 6.07) is 0.0529. The van der Waals surface area contributed by atoms with Crippen LogP contribution in [0.15, 0.2) is 11.7 Å². The Hall–Kier alpha value is -3.37. The van der Waals surface area contributed by atoms with Crippen molar-refractivity contribution in [3.05, 3.63) is 16.6 Å². The summed E-state index contributed by atoms with van der Waals surface area (Å²) >= 11 is 2.99. The lowest BCUT2D eigenvalue weighted by atomic mass is 9.98. The first-order valence-electron chi connectivity index (χ1n) is 12.2. The molecule has 3 aliphatic rings. The Balaban J connectivity index is 0.000000181. The molecule has 6 N–H and O–H groups in total. The normalized spacial score (nSPS) is 25.6. The highest BCUT2D eigenvalue weighted by Gasteiger charge is 2.47. The predicted molar refractivity (Wildman–Crippen MR) is 138 cm³/mol. The van der Waals surface area contributed by atoms with Gasteiger partial charge in [0.15, 0.2) is 5.92 Å². The molecule has 4 atom stereocenters. The van der Waals surface area contributed by atoms with Gasteiger partial charge in [-0.25, -0.2) is 14.6 Å². The van der Waals surface area contributed by atoms with E-state index in [9.17, 15) is 29.1 Å². The van der Waals surface area contributed by atoms with Gasteiger partial charge in [-0.1, -0.05) is 6.42 Å². The van der Waals surface area contributed by atoms with Crippen molar-refractivity contribution < 1.29 is 49.1 Å². The van der Waals surface area contributed by atoms with Crippen molar-refractivity contribution in [3.8, 4) is 0 Å². The van der Waals surface area contributed by atoms with E-state index in [1.54, 1.807) is 17.1 Å². The molecule has 3 saturated heterocycles. The highest BCUT2D eigenvalue weighted by Crippen LogP contribution is 2.43. The fraction of sp³-hybridized carbons (Fsp3) is 0.565. The van der Waals surface area contributed by atoms with Crippen LogP contribution in [0.2, 0.25) is 0 Å². The lowest BCUT2D eigenvalue weighted by Crippen LogP contribution is -2.37. The van der Waals surface area contributed by atoms with Crippen molar-refractivity contribution >= 4 is 64.0 Å². The average molecular weight is 585 g/mol. The van der Waals surface area contributed by atoms with Crippen LogP contribution in [0.5, 0.6) is 0 Å². The molecular formula is C23H28N4O10S2. The summed E-state index contributed by atoms with van der Waals surface area (Å²) in [6.45, 7) is 0.204. The number of carboxylic acid groups (broad SMARTS) is 4. The number of carboxylic acids is 4. The second-order valence-electron chi connectivity index (χ2n) is 9.43. The zero-order valence-corrected chi connectivity index (χ0v) is 22.2. The van der Waals surface area contributed by atoms with Crippen LogP contribution in [0, 0.1) is 5.92 Å². The molecule has 0 aliphatic carbocycles. The fourth-order valence-electron chi connectivity index (χ4n) is 5.02. The highest BCUT2D eigenvalue weighted by molar-refractivity contribution is 8.00. The van der Waals surface area contributed by atoms with Crippen molar-refractivity contribution in [3.63, 3.8) is 0 Å². The molecule has 16 heteroatoms. The van der Waals surface area contributed by atoms with E-state index in [1.807, 2.05) is 0 Å². The summed E-state index contributed by atoms with van der Waals surface area (Å²) in [7, 11) is 0. The van der Waals surface area contributed by atoms with Gasteiger partial charge < -0.3 is 40.4 Å². The van der Waals surface area contributed by atoms with Crippen LogP contribution in [-0.4, -0.2) is 89.6 Å². The zero-order valence-electron chi connectivity index (χ0n) is 20.6. The van der Waals surface area contributed by atoms with Crippen LogP contribution < -0.4 is 10.6 Å². The van der Waals surface area contributed by atoms with E-state index in [2.05, 4.69) is 15.6 Å². The molecule has 14 nitrogen and oxygen atoms in total. The lowest BCUT2D eigenvalue weighted by Gasteiger charge is -2.21. The van der Waals surface area contributed by atoms with Crippen LogP contribution in [0.4, 0.5) is 4.79 Å². The number of ether oxygens (including phenoxy) is 1. The number of rotatable bonds is 10. The Kier molecular flexibility index (Phi) is 8.66. The molecule has 0 bridgehead atoms. The van der Waals surface area contributed by atoms with Gasteiger partial charge in [0, 0.05) is 23.0 Å². The van der Waals surface area contributed by atoms with Crippen LogP contribution in [-0.2, 0) is 36.1 Å². The largest absolute Gasteiger partial charge is 0.481 e. The van der Waals surface area contributed by atoms with Crippen molar-refractivity contribution in [1.29, 1.82) is 0 Å². The maximum atomic E-state index is 11.6. The fourth-order valence-corrected chi connectivity index (χ4v) is 7.75. The first-order valence-corrected chi connectivity index (χ1v) is 14.1. The smallest absolute Gasteiger partial charge is 0.341 e. The summed E-state index contributed by atoms with van der Waals surface area (Å²) in [5.74, 6) is -5.07. The third kappa shape index (κ3) is 5.96. The zero-order chi connectivity index (χ0) is 28.3. The Bertz CT molecular complexity index is 1260. The maximum absolute atomic E-state index is 11.6. The number of thioether (sulfide) groups is 1. The molecule has 5 rings (SSSR count). The highest BCUT2D eigenvalue weighted by atomic mass is 32.2. The van der Waals surface area contributed by atoms with Gasteiger partial charge in [-0.2, -0.15) is 11.8 Å². The average Bonchev–Trinajstić information content (AvgIpc) is 3.65. The Morgan fingerprint density at radius 3 is 2.54 bits per heavy atom. The van der Waals surface area contributed by atoms with E-state index < -0.39 is 35.4 Å². The second-order valence-corrected chi connectivity index (χ2v) is 11.6. The van der Waals surface area contributed by atoms with Gasteiger partial charge in [0.2, 0.25) is 5.60 Å². The van der Waals surface area contributed by atoms with Crippen molar-refractivity contribution in [2.75, 3.05) is 12.4 Å². The molecule has 1 unspecified atom stereocenters. The number of carbonyl (C=O) groups excluding carboxylic acids is 1. The number of thiophene rings is 1. The van der Waals surface area contributed by atoms with E-state index in [1.165, 1.54) is 22.2 Å². The summed E-state index contributed by atoms with van der Waals surface area (Å²) < 4.78 is 6.98.